The topological polar surface area (TPSA) is 18.6 Å². The lowest BCUT2D eigenvalue weighted by molar-refractivity contribution is -0.137. The standard InChI is InChI=1S/C61H57F3N4/c1-57(2,3)37-17-24-51-45(30-37)46-31-38(58(4,5)6)18-25-52(46)67(51)55-28-21-42(65-13)35-49(55)44-22-15-36(43-23-16-41(61(62,63)64)34-50(43)66-14)29-56(44)68-53-26-19-39(59(7,8)9)32-47(53)48-33-40(60(10,11)12)20-27-54(48)68/h15-35H,1-12H3. The number of hydrogen-bond donors (Lipinski definition) is 0. The van der Waals surface area contributed by atoms with Crippen molar-refractivity contribution >= 4 is 55.0 Å². The number of benzene rings is 7. The van der Waals surface area contributed by atoms with E-state index in [4.69, 9.17) is 13.1 Å². The third-order valence-electron chi connectivity index (χ3n) is 13.6. The van der Waals surface area contributed by atoms with Gasteiger partial charge in [-0.3, -0.25) is 0 Å². The number of hydrogen-bond acceptors (Lipinski definition) is 0. The molecule has 2 heterocycles. The van der Waals surface area contributed by atoms with Crippen LogP contribution in [0.3, 0.4) is 0 Å². The van der Waals surface area contributed by atoms with Crippen molar-refractivity contribution in [1.29, 1.82) is 0 Å². The van der Waals surface area contributed by atoms with E-state index in [0.717, 1.165) is 78.2 Å². The Labute approximate surface area is 398 Å². The molecule has 7 heteroatoms. The van der Waals surface area contributed by atoms with E-state index in [9.17, 15) is 13.2 Å². The predicted molar refractivity (Wildman–Crippen MR) is 278 cm³/mol. The highest BCUT2D eigenvalue weighted by Crippen LogP contribution is 2.47. The zero-order valence-corrected chi connectivity index (χ0v) is 41.0. The first-order valence-corrected chi connectivity index (χ1v) is 23.2. The second kappa shape index (κ2) is 15.7. The summed E-state index contributed by atoms with van der Waals surface area (Å²) in [4.78, 5) is 7.60. The van der Waals surface area contributed by atoms with Crippen molar-refractivity contribution < 1.29 is 13.2 Å². The van der Waals surface area contributed by atoms with Gasteiger partial charge in [0.05, 0.1) is 46.6 Å². The van der Waals surface area contributed by atoms with Crippen LogP contribution in [0.25, 0.3) is 86.9 Å². The van der Waals surface area contributed by atoms with Gasteiger partial charge in [-0.25, -0.2) is 9.69 Å². The zero-order chi connectivity index (χ0) is 49.0. The van der Waals surface area contributed by atoms with Crippen molar-refractivity contribution in [3.8, 4) is 33.6 Å². The van der Waals surface area contributed by atoms with Crippen LogP contribution in [-0.4, -0.2) is 9.13 Å². The Hall–Kier alpha value is -7.09. The van der Waals surface area contributed by atoms with Crippen molar-refractivity contribution in [3.05, 3.63) is 178 Å². The average molecular weight is 903 g/mol. The predicted octanol–water partition coefficient (Wildman–Crippen LogP) is 18.5. The molecule has 0 radical (unpaired) electrons. The fraction of sp³-hybridized carbons (Fsp3) is 0.279. The Bertz CT molecular complexity index is 3470. The van der Waals surface area contributed by atoms with E-state index in [1.165, 1.54) is 28.3 Å². The molecule has 2 aromatic heterocycles. The summed E-state index contributed by atoms with van der Waals surface area (Å²) < 4.78 is 46.7. The van der Waals surface area contributed by atoms with Crippen LogP contribution in [0.15, 0.2) is 127 Å². The van der Waals surface area contributed by atoms with Crippen LogP contribution in [0, 0.1) is 13.1 Å². The molecular formula is C61H57F3N4. The minimum atomic E-state index is -4.60. The first-order valence-electron chi connectivity index (χ1n) is 23.2. The number of halogens is 3. The lowest BCUT2D eigenvalue weighted by atomic mass is 9.85. The van der Waals surface area contributed by atoms with Gasteiger partial charge in [0.25, 0.3) is 0 Å². The Morgan fingerprint density at radius 1 is 0.368 bits per heavy atom. The van der Waals surface area contributed by atoms with Crippen LogP contribution in [0.5, 0.6) is 0 Å². The Morgan fingerprint density at radius 3 is 1.15 bits per heavy atom. The van der Waals surface area contributed by atoms with E-state index in [1.807, 2.05) is 36.4 Å². The van der Waals surface area contributed by atoms with Crippen LogP contribution < -0.4 is 0 Å². The minimum absolute atomic E-state index is 0.0874. The zero-order valence-electron chi connectivity index (χ0n) is 41.0. The van der Waals surface area contributed by atoms with E-state index in [0.29, 0.717) is 16.8 Å². The molecule has 0 N–H and O–H groups in total. The number of alkyl halides is 3. The van der Waals surface area contributed by atoms with Gasteiger partial charge in [-0.15, -0.1) is 0 Å². The lowest BCUT2D eigenvalue weighted by Gasteiger charge is -2.22. The first-order chi connectivity index (χ1) is 31.8. The molecule has 0 aliphatic rings. The van der Waals surface area contributed by atoms with Gasteiger partial charge < -0.3 is 9.13 Å². The van der Waals surface area contributed by atoms with Gasteiger partial charge in [0, 0.05) is 32.7 Å². The van der Waals surface area contributed by atoms with Gasteiger partial charge in [0.2, 0.25) is 0 Å². The third kappa shape index (κ3) is 7.92. The molecule has 0 saturated heterocycles. The molecule has 0 saturated carbocycles. The van der Waals surface area contributed by atoms with Crippen LogP contribution in [0.1, 0.15) is 111 Å². The lowest BCUT2D eigenvalue weighted by Crippen LogP contribution is -2.10. The summed E-state index contributed by atoms with van der Waals surface area (Å²) >= 11 is 0. The summed E-state index contributed by atoms with van der Waals surface area (Å²) in [5.41, 5.74) is 12.1. The molecule has 0 aliphatic heterocycles. The van der Waals surface area contributed by atoms with Gasteiger partial charge >= 0.3 is 6.18 Å². The first kappa shape index (κ1) is 46.0. The second-order valence-corrected chi connectivity index (χ2v) is 22.5. The summed E-state index contributed by atoms with van der Waals surface area (Å²) in [6.07, 6.45) is -4.60. The largest absolute Gasteiger partial charge is 0.415 e. The highest BCUT2D eigenvalue weighted by atomic mass is 19.4. The fourth-order valence-corrected chi connectivity index (χ4v) is 9.59. The fourth-order valence-electron chi connectivity index (χ4n) is 9.59. The Morgan fingerprint density at radius 2 is 0.765 bits per heavy atom. The van der Waals surface area contributed by atoms with Crippen molar-refractivity contribution in [3.63, 3.8) is 0 Å². The van der Waals surface area contributed by atoms with E-state index in [1.54, 1.807) is 0 Å². The maximum absolute atomic E-state index is 14.1. The van der Waals surface area contributed by atoms with Crippen molar-refractivity contribution in [2.75, 3.05) is 0 Å². The maximum atomic E-state index is 14.1. The second-order valence-electron chi connectivity index (χ2n) is 22.5. The highest BCUT2D eigenvalue weighted by molar-refractivity contribution is 6.12. The maximum Gasteiger partial charge on any atom is 0.415 e. The summed E-state index contributed by atoms with van der Waals surface area (Å²) in [5, 5.41) is 4.42. The normalized spacial score (nSPS) is 12.9. The molecule has 0 unspecified atom stereocenters. The molecule has 0 spiro atoms. The van der Waals surface area contributed by atoms with Crippen molar-refractivity contribution in [2.45, 2.75) is 111 Å². The van der Waals surface area contributed by atoms with Crippen LogP contribution in [0.4, 0.5) is 24.5 Å². The molecule has 4 nitrogen and oxygen atoms in total. The summed E-state index contributed by atoms with van der Waals surface area (Å²) in [6.45, 7) is 43.0. The number of rotatable bonds is 4. The average Bonchev–Trinajstić information content (AvgIpc) is 3.78. The van der Waals surface area contributed by atoms with E-state index >= 15 is 0 Å². The summed E-state index contributed by atoms with van der Waals surface area (Å²) in [6, 6.07) is 42.0. The molecule has 0 aliphatic carbocycles. The molecule has 0 atom stereocenters. The number of fused-ring (bicyclic) bond motifs is 6. The Balaban J connectivity index is 1.43. The van der Waals surface area contributed by atoms with Gasteiger partial charge in [-0.05, 0) is 133 Å². The molecule has 0 fully saturated rings. The Kier molecular flexibility index (Phi) is 10.7. The van der Waals surface area contributed by atoms with E-state index < -0.39 is 11.7 Å². The molecule has 68 heavy (non-hydrogen) atoms. The SMILES string of the molecule is [C-]#[N+]c1ccc(-n2c3ccc(C(C)(C)C)cc3c3cc(C(C)(C)C)ccc32)c(-c2ccc(-c3ccc(C(F)(F)F)cc3[N+]#[C-])cc2-n2c3ccc(C(C)(C)C)cc3c3cc(C(C)(C)C)ccc32)c1. The quantitative estimate of drug-likeness (QED) is 0.157. The molecule has 0 bridgehead atoms. The number of nitrogens with zero attached hydrogens (tertiary/aromatic N) is 4. The molecule has 9 rings (SSSR count). The third-order valence-corrected chi connectivity index (χ3v) is 13.6. The monoisotopic (exact) mass is 902 g/mol. The van der Waals surface area contributed by atoms with E-state index in [-0.39, 0.29) is 27.3 Å². The van der Waals surface area contributed by atoms with E-state index in [2.05, 4.69) is 175 Å². The molecular weight excluding hydrogens is 846 g/mol. The van der Waals surface area contributed by atoms with Crippen LogP contribution in [0.2, 0.25) is 0 Å². The highest BCUT2D eigenvalue weighted by Gasteiger charge is 2.32. The summed E-state index contributed by atoms with van der Waals surface area (Å²) in [7, 11) is 0. The van der Waals surface area contributed by atoms with Gasteiger partial charge in [0.1, 0.15) is 0 Å². The summed E-state index contributed by atoms with van der Waals surface area (Å²) in [5.74, 6) is 0. The van der Waals surface area contributed by atoms with Crippen LogP contribution >= 0.6 is 0 Å². The van der Waals surface area contributed by atoms with Gasteiger partial charge in [-0.2, -0.15) is 13.2 Å². The molecule has 342 valence electrons. The molecule has 7 aromatic carbocycles. The minimum Gasteiger partial charge on any atom is -0.309 e. The smallest absolute Gasteiger partial charge is 0.309 e. The molecule has 9 aromatic rings. The van der Waals surface area contributed by atoms with Gasteiger partial charge in [0.15, 0.2) is 11.4 Å². The van der Waals surface area contributed by atoms with Crippen molar-refractivity contribution in [1.82, 2.24) is 9.13 Å². The van der Waals surface area contributed by atoms with Gasteiger partial charge in [-0.1, -0.05) is 138 Å². The molecule has 0 amide bonds. The van der Waals surface area contributed by atoms with Crippen molar-refractivity contribution in [2.24, 2.45) is 0 Å². The van der Waals surface area contributed by atoms with Crippen LogP contribution in [-0.2, 0) is 27.8 Å². The number of aromatic nitrogens is 2.